The second-order valence-corrected chi connectivity index (χ2v) is 3.61. The summed E-state index contributed by atoms with van der Waals surface area (Å²) in [5.41, 5.74) is 0.667. The van der Waals surface area contributed by atoms with Crippen molar-refractivity contribution in [1.29, 1.82) is 0 Å². The Kier molecular flexibility index (Phi) is 4.58. The molecule has 0 amide bonds. The Labute approximate surface area is 98.7 Å². The Morgan fingerprint density at radius 2 is 2.19 bits per heavy atom. The van der Waals surface area contributed by atoms with E-state index in [1.54, 1.807) is 18.2 Å². The number of ether oxygens (including phenoxy) is 2. The molecule has 0 aliphatic heterocycles. The topological polar surface area (TPSA) is 55.8 Å². The molecule has 0 aliphatic rings. The molecular formula is C11H13ClO4. The van der Waals surface area contributed by atoms with Crippen LogP contribution >= 0.6 is 11.6 Å². The lowest BCUT2D eigenvalue weighted by molar-refractivity contribution is -0.150. The summed E-state index contributed by atoms with van der Waals surface area (Å²) >= 11 is 5.96. The van der Waals surface area contributed by atoms with Gasteiger partial charge in [-0.15, -0.1) is 0 Å². The molecular weight excluding hydrogens is 232 g/mol. The van der Waals surface area contributed by atoms with E-state index >= 15 is 0 Å². The Balaban J connectivity index is 2.78. The minimum Gasteiger partial charge on any atom is -0.497 e. The second kappa shape index (κ2) is 5.72. The molecule has 0 saturated heterocycles. The maximum absolute atomic E-state index is 11.0. The van der Waals surface area contributed by atoms with E-state index in [2.05, 4.69) is 4.74 Å². The van der Waals surface area contributed by atoms with Crippen LogP contribution in [0.2, 0.25) is 5.02 Å². The van der Waals surface area contributed by atoms with Gasteiger partial charge in [0.2, 0.25) is 0 Å². The third-order valence-corrected chi connectivity index (χ3v) is 2.50. The highest BCUT2D eigenvalue weighted by molar-refractivity contribution is 6.31. The van der Waals surface area contributed by atoms with Gasteiger partial charge >= 0.3 is 5.97 Å². The number of aliphatic hydroxyl groups excluding tert-OH is 1. The number of rotatable bonds is 4. The van der Waals surface area contributed by atoms with Gasteiger partial charge in [0.15, 0.2) is 6.10 Å². The zero-order valence-corrected chi connectivity index (χ0v) is 9.82. The monoisotopic (exact) mass is 244 g/mol. The van der Waals surface area contributed by atoms with Gasteiger partial charge in [-0.3, -0.25) is 0 Å². The van der Waals surface area contributed by atoms with Crippen LogP contribution in [0.15, 0.2) is 18.2 Å². The lowest BCUT2D eigenvalue weighted by Crippen LogP contribution is -2.24. The van der Waals surface area contributed by atoms with Crippen LogP contribution in [0.4, 0.5) is 0 Å². The molecule has 88 valence electrons. The zero-order chi connectivity index (χ0) is 12.1. The molecule has 1 unspecified atom stereocenters. The van der Waals surface area contributed by atoms with Crippen LogP contribution in [-0.2, 0) is 16.0 Å². The average molecular weight is 245 g/mol. The Morgan fingerprint density at radius 3 is 2.69 bits per heavy atom. The molecule has 0 aliphatic carbocycles. The van der Waals surface area contributed by atoms with Crippen LogP contribution in [0.1, 0.15) is 5.56 Å². The van der Waals surface area contributed by atoms with Crippen molar-refractivity contribution in [1.82, 2.24) is 0 Å². The summed E-state index contributed by atoms with van der Waals surface area (Å²) in [7, 11) is 2.76. The lowest BCUT2D eigenvalue weighted by Gasteiger charge is -2.10. The molecule has 4 nitrogen and oxygen atoms in total. The van der Waals surface area contributed by atoms with Gasteiger partial charge in [-0.2, -0.15) is 0 Å². The summed E-state index contributed by atoms with van der Waals surface area (Å²) in [6.45, 7) is 0. The number of carbonyl (C=O) groups is 1. The molecule has 1 N–H and O–H groups in total. The number of hydrogen-bond acceptors (Lipinski definition) is 4. The highest BCUT2D eigenvalue weighted by Gasteiger charge is 2.17. The Morgan fingerprint density at radius 1 is 1.50 bits per heavy atom. The Hall–Kier alpha value is -1.26. The van der Waals surface area contributed by atoms with Crippen LogP contribution in [0.3, 0.4) is 0 Å². The standard InChI is InChI=1S/C11H13ClO4/c1-15-8-4-3-7(9(12)6-8)5-10(13)11(14)16-2/h3-4,6,10,13H,5H2,1-2H3. The van der Waals surface area contributed by atoms with E-state index in [-0.39, 0.29) is 6.42 Å². The van der Waals surface area contributed by atoms with Crippen LogP contribution < -0.4 is 4.74 Å². The first kappa shape index (κ1) is 12.8. The van der Waals surface area contributed by atoms with Gasteiger partial charge in [0.05, 0.1) is 14.2 Å². The van der Waals surface area contributed by atoms with Crippen LogP contribution in [0.5, 0.6) is 5.75 Å². The maximum Gasteiger partial charge on any atom is 0.335 e. The van der Waals surface area contributed by atoms with Crippen molar-refractivity contribution in [2.45, 2.75) is 12.5 Å². The average Bonchev–Trinajstić information content (AvgIpc) is 2.30. The fourth-order valence-electron chi connectivity index (χ4n) is 1.25. The number of benzene rings is 1. The summed E-state index contributed by atoms with van der Waals surface area (Å²) in [6.07, 6.45) is -1.08. The van der Waals surface area contributed by atoms with Crippen molar-refractivity contribution in [2.75, 3.05) is 14.2 Å². The van der Waals surface area contributed by atoms with E-state index in [1.807, 2.05) is 0 Å². The minimum absolute atomic E-state index is 0.121. The highest BCUT2D eigenvalue weighted by atomic mass is 35.5. The SMILES string of the molecule is COC(=O)C(O)Cc1ccc(OC)cc1Cl. The molecule has 0 fully saturated rings. The highest BCUT2D eigenvalue weighted by Crippen LogP contribution is 2.23. The molecule has 16 heavy (non-hydrogen) atoms. The fourth-order valence-corrected chi connectivity index (χ4v) is 1.50. The molecule has 0 saturated carbocycles. The predicted molar refractivity (Wildman–Crippen MR) is 59.7 cm³/mol. The van der Waals surface area contributed by atoms with Crippen molar-refractivity contribution < 1.29 is 19.4 Å². The van der Waals surface area contributed by atoms with E-state index in [9.17, 15) is 9.90 Å². The second-order valence-electron chi connectivity index (χ2n) is 3.20. The molecule has 0 aromatic heterocycles. The summed E-state index contributed by atoms with van der Waals surface area (Å²) < 4.78 is 9.40. The quantitative estimate of drug-likeness (QED) is 0.814. The number of halogens is 1. The van der Waals surface area contributed by atoms with Gasteiger partial charge in [0.25, 0.3) is 0 Å². The molecule has 1 aromatic carbocycles. The minimum atomic E-state index is -1.20. The normalized spacial score (nSPS) is 12.0. The van der Waals surface area contributed by atoms with Crippen LogP contribution in [-0.4, -0.2) is 31.4 Å². The first-order valence-electron chi connectivity index (χ1n) is 4.66. The van der Waals surface area contributed by atoms with Crippen molar-refractivity contribution >= 4 is 17.6 Å². The molecule has 0 heterocycles. The lowest BCUT2D eigenvalue weighted by atomic mass is 10.1. The molecule has 0 bridgehead atoms. The van der Waals surface area contributed by atoms with E-state index < -0.39 is 12.1 Å². The van der Waals surface area contributed by atoms with E-state index in [0.717, 1.165) is 0 Å². The smallest absolute Gasteiger partial charge is 0.335 e. The summed E-state index contributed by atoms with van der Waals surface area (Å²) in [5.74, 6) is -0.0480. The summed E-state index contributed by atoms with van der Waals surface area (Å²) in [4.78, 5) is 11.0. The third-order valence-electron chi connectivity index (χ3n) is 2.15. The third kappa shape index (κ3) is 3.12. The van der Waals surface area contributed by atoms with Crippen molar-refractivity contribution in [2.24, 2.45) is 0 Å². The number of methoxy groups -OCH3 is 2. The first-order chi connectivity index (χ1) is 7.58. The van der Waals surface area contributed by atoms with Crippen LogP contribution in [0.25, 0.3) is 0 Å². The van der Waals surface area contributed by atoms with Gasteiger partial charge < -0.3 is 14.6 Å². The molecule has 0 spiro atoms. The van der Waals surface area contributed by atoms with Crippen molar-refractivity contribution in [3.63, 3.8) is 0 Å². The first-order valence-corrected chi connectivity index (χ1v) is 5.04. The Bertz CT molecular complexity index is 378. The van der Waals surface area contributed by atoms with Crippen LogP contribution in [0, 0.1) is 0 Å². The molecule has 1 aromatic rings. The number of aliphatic hydroxyl groups is 1. The maximum atomic E-state index is 11.0. The number of esters is 1. The molecule has 1 atom stereocenters. The predicted octanol–water partition coefficient (Wildman–Crippen LogP) is 1.43. The van der Waals surface area contributed by atoms with Crippen molar-refractivity contribution in [3.05, 3.63) is 28.8 Å². The van der Waals surface area contributed by atoms with Gasteiger partial charge in [-0.05, 0) is 17.7 Å². The fraction of sp³-hybridized carbons (Fsp3) is 0.364. The van der Waals surface area contributed by atoms with E-state index in [4.69, 9.17) is 16.3 Å². The van der Waals surface area contributed by atoms with E-state index in [1.165, 1.54) is 14.2 Å². The van der Waals surface area contributed by atoms with Gasteiger partial charge in [0, 0.05) is 11.4 Å². The summed E-state index contributed by atoms with van der Waals surface area (Å²) in [5, 5.41) is 9.90. The van der Waals surface area contributed by atoms with Gasteiger partial charge in [-0.1, -0.05) is 17.7 Å². The van der Waals surface area contributed by atoms with E-state index in [0.29, 0.717) is 16.3 Å². The number of carbonyl (C=O) groups excluding carboxylic acids is 1. The molecule has 0 radical (unpaired) electrons. The molecule has 1 rings (SSSR count). The number of hydrogen-bond donors (Lipinski definition) is 1. The largest absolute Gasteiger partial charge is 0.497 e. The van der Waals surface area contributed by atoms with Crippen molar-refractivity contribution in [3.8, 4) is 5.75 Å². The van der Waals surface area contributed by atoms with Gasteiger partial charge in [0.1, 0.15) is 5.75 Å². The summed E-state index contributed by atoms with van der Waals surface area (Å²) in [6, 6.07) is 5.04. The van der Waals surface area contributed by atoms with Gasteiger partial charge in [-0.25, -0.2) is 4.79 Å². The molecule has 5 heteroatoms. The zero-order valence-electron chi connectivity index (χ0n) is 9.07.